The number of para-hydroxylation sites is 2. The average molecular weight is 367 g/mol. The molecule has 0 atom stereocenters. The van der Waals surface area contributed by atoms with Gasteiger partial charge in [0.1, 0.15) is 5.75 Å². The zero-order valence-electron chi connectivity index (χ0n) is 14.1. The van der Waals surface area contributed by atoms with Crippen LogP contribution in [0.1, 0.15) is 5.56 Å². The van der Waals surface area contributed by atoms with E-state index in [1.807, 2.05) is 66.7 Å². The largest absolute Gasteiger partial charge is 0.496 e. The van der Waals surface area contributed by atoms with Crippen molar-refractivity contribution in [2.45, 2.75) is 6.54 Å². The Morgan fingerprint density at radius 1 is 0.885 bits per heavy atom. The standard InChI is InChI=1S/C20H17NO4S/c1-24-19-8-3-2-6-17(19)14-9-11-15(12-10-14)18-7-4-5-16-13-21-26(22,23)25-20(16)18/h2-12,21H,13H2,1H3. The van der Waals surface area contributed by atoms with Crippen LogP contribution < -0.4 is 13.6 Å². The van der Waals surface area contributed by atoms with Crippen molar-refractivity contribution < 1.29 is 17.3 Å². The molecular weight excluding hydrogens is 350 g/mol. The van der Waals surface area contributed by atoms with Crippen molar-refractivity contribution in [3.63, 3.8) is 0 Å². The van der Waals surface area contributed by atoms with Gasteiger partial charge in [-0.1, -0.05) is 60.7 Å². The van der Waals surface area contributed by atoms with Gasteiger partial charge in [-0.3, -0.25) is 0 Å². The molecule has 0 unspecified atom stereocenters. The van der Waals surface area contributed by atoms with Gasteiger partial charge in [-0.25, -0.2) is 0 Å². The van der Waals surface area contributed by atoms with Gasteiger partial charge in [0.15, 0.2) is 5.75 Å². The van der Waals surface area contributed by atoms with Crippen LogP contribution >= 0.6 is 0 Å². The monoisotopic (exact) mass is 367 g/mol. The first-order valence-electron chi connectivity index (χ1n) is 8.12. The van der Waals surface area contributed by atoms with Crippen LogP contribution in [0.5, 0.6) is 11.5 Å². The summed E-state index contributed by atoms with van der Waals surface area (Å²) in [6.45, 7) is 0.227. The molecule has 4 rings (SSSR count). The van der Waals surface area contributed by atoms with E-state index in [0.717, 1.165) is 33.6 Å². The Hall–Kier alpha value is -2.83. The third-order valence-corrected chi connectivity index (χ3v) is 5.23. The van der Waals surface area contributed by atoms with Crippen molar-refractivity contribution in [3.05, 3.63) is 72.3 Å². The second-order valence-corrected chi connectivity index (χ2v) is 7.29. The summed E-state index contributed by atoms with van der Waals surface area (Å²) in [6.07, 6.45) is 0. The van der Waals surface area contributed by atoms with E-state index >= 15 is 0 Å². The summed E-state index contributed by atoms with van der Waals surface area (Å²) in [5, 5.41) is 0. The Kier molecular flexibility index (Phi) is 4.14. The van der Waals surface area contributed by atoms with Gasteiger partial charge in [-0.15, -0.1) is 0 Å². The van der Waals surface area contributed by atoms with E-state index in [2.05, 4.69) is 4.72 Å². The molecule has 0 spiro atoms. The number of benzene rings is 3. The van der Waals surface area contributed by atoms with E-state index in [1.165, 1.54) is 0 Å². The van der Waals surface area contributed by atoms with Crippen molar-refractivity contribution in [1.29, 1.82) is 0 Å². The molecule has 3 aromatic carbocycles. The maximum absolute atomic E-state index is 11.8. The first-order chi connectivity index (χ1) is 12.6. The van der Waals surface area contributed by atoms with Gasteiger partial charge in [-0.2, -0.15) is 13.1 Å². The van der Waals surface area contributed by atoms with Crippen molar-refractivity contribution >= 4 is 10.3 Å². The van der Waals surface area contributed by atoms with Crippen LogP contribution in [0.2, 0.25) is 0 Å². The lowest BCUT2D eigenvalue weighted by Crippen LogP contribution is -2.32. The topological polar surface area (TPSA) is 64.6 Å². The van der Waals surface area contributed by atoms with Crippen LogP contribution in [0.15, 0.2) is 66.7 Å². The highest BCUT2D eigenvalue weighted by Gasteiger charge is 2.24. The molecule has 0 bridgehead atoms. The Morgan fingerprint density at radius 2 is 1.54 bits per heavy atom. The molecule has 1 aliphatic heterocycles. The summed E-state index contributed by atoms with van der Waals surface area (Å²) in [4.78, 5) is 0. The number of ether oxygens (including phenoxy) is 1. The molecule has 5 nitrogen and oxygen atoms in total. The molecule has 0 aromatic heterocycles. The van der Waals surface area contributed by atoms with Gasteiger partial charge in [-0.05, 0) is 17.2 Å². The summed E-state index contributed by atoms with van der Waals surface area (Å²) in [7, 11) is -2.11. The van der Waals surface area contributed by atoms with E-state index < -0.39 is 10.3 Å². The molecule has 0 amide bonds. The summed E-state index contributed by atoms with van der Waals surface area (Å²) in [5.41, 5.74) is 4.47. The van der Waals surface area contributed by atoms with E-state index in [9.17, 15) is 8.42 Å². The lowest BCUT2D eigenvalue weighted by molar-refractivity contribution is 0.416. The van der Waals surface area contributed by atoms with Gasteiger partial charge >= 0.3 is 10.3 Å². The van der Waals surface area contributed by atoms with Crippen LogP contribution in [0.25, 0.3) is 22.3 Å². The van der Waals surface area contributed by atoms with Crippen LogP contribution in [0.4, 0.5) is 0 Å². The fourth-order valence-electron chi connectivity index (χ4n) is 3.07. The normalized spacial score (nSPS) is 15.0. The van der Waals surface area contributed by atoms with E-state index in [1.54, 1.807) is 7.11 Å². The van der Waals surface area contributed by atoms with E-state index in [-0.39, 0.29) is 6.54 Å². The molecule has 132 valence electrons. The zero-order chi connectivity index (χ0) is 18.1. The Labute approximate surface area is 152 Å². The van der Waals surface area contributed by atoms with Crippen LogP contribution in [0.3, 0.4) is 0 Å². The highest BCUT2D eigenvalue weighted by molar-refractivity contribution is 7.85. The number of hydrogen-bond donors (Lipinski definition) is 1. The third kappa shape index (κ3) is 3.05. The van der Waals surface area contributed by atoms with Crippen LogP contribution in [-0.4, -0.2) is 15.5 Å². The van der Waals surface area contributed by atoms with Crippen molar-refractivity contribution in [2.24, 2.45) is 0 Å². The predicted octanol–water partition coefficient (Wildman–Crippen LogP) is 3.76. The summed E-state index contributed by atoms with van der Waals surface area (Å²) in [5.74, 6) is 1.19. The van der Waals surface area contributed by atoms with Crippen LogP contribution in [-0.2, 0) is 16.8 Å². The molecule has 6 heteroatoms. The summed E-state index contributed by atoms with van der Waals surface area (Å²) >= 11 is 0. The highest BCUT2D eigenvalue weighted by Crippen LogP contribution is 2.37. The maximum Gasteiger partial charge on any atom is 0.382 e. The van der Waals surface area contributed by atoms with Crippen molar-refractivity contribution in [1.82, 2.24) is 4.72 Å². The first kappa shape index (κ1) is 16.6. The maximum atomic E-state index is 11.8. The quantitative estimate of drug-likeness (QED) is 0.766. The van der Waals surface area contributed by atoms with Crippen molar-refractivity contribution in [3.8, 4) is 33.8 Å². The molecule has 0 radical (unpaired) electrons. The molecule has 3 aromatic rings. The number of methoxy groups -OCH3 is 1. The number of nitrogens with one attached hydrogen (secondary N) is 1. The van der Waals surface area contributed by atoms with Gasteiger partial charge in [0.2, 0.25) is 0 Å². The Bertz CT molecular complexity index is 1060. The lowest BCUT2D eigenvalue weighted by Gasteiger charge is -2.20. The average Bonchev–Trinajstić information content (AvgIpc) is 2.67. The summed E-state index contributed by atoms with van der Waals surface area (Å²) in [6, 6.07) is 21.3. The molecule has 1 N–H and O–H groups in total. The predicted molar refractivity (Wildman–Crippen MR) is 100 cm³/mol. The molecule has 26 heavy (non-hydrogen) atoms. The minimum Gasteiger partial charge on any atom is -0.496 e. The SMILES string of the molecule is COc1ccccc1-c1ccc(-c2cccc3c2OS(=O)(=O)NC3)cc1. The number of rotatable bonds is 3. The minimum absolute atomic E-state index is 0.227. The zero-order valence-corrected chi connectivity index (χ0v) is 14.9. The number of hydrogen-bond acceptors (Lipinski definition) is 4. The van der Waals surface area contributed by atoms with Crippen LogP contribution in [0, 0.1) is 0 Å². The smallest absolute Gasteiger partial charge is 0.382 e. The molecule has 0 saturated carbocycles. The molecule has 0 fully saturated rings. The molecule has 1 aliphatic rings. The molecule has 0 saturated heterocycles. The Morgan fingerprint density at radius 3 is 2.27 bits per heavy atom. The van der Waals surface area contributed by atoms with E-state index in [4.69, 9.17) is 8.92 Å². The van der Waals surface area contributed by atoms with Gasteiger partial charge in [0.05, 0.1) is 7.11 Å². The minimum atomic E-state index is -3.75. The molecular formula is C20H17NO4S. The molecule has 0 aliphatic carbocycles. The third-order valence-electron chi connectivity index (χ3n) is 4.34. The second-order valence-electron chi connectivity index (χ2n) is 5.93. The Balaban J connectivity index is 1.75. The fraction of sp³-hybridized carbons (Fsp3) is 0.100. The number of fused-ring (bicyclic) bond motifs is 1. The first-order valence-corrected chi connectivity index (χ1v) is 9.53. The van der Waals surface area contributed by atoms with Gasteiger partial charge in [0, 0.05) is 23.2 Å². The highest BCUT2D eigenvalue weighted by atomic mass is 32.2. The fourth-order valence-corrected chi connectivity index (χ4v) is 3.87. The van der Waals surface area contributed by atoms with Crippen molar-refractivity contribution in [2.75, 3.05) is 7.11 Å². The summed E-state index contributed by atoms with van der Waals surface area (Å²) < 4.78 is 36.5. The molecule has 1 heterocycles. The second kappa shape index (κ2) is 6.48. The van der Waals surface area contributed by atoms with Gasteiger partial charge in [0.25, 0.3) is 0 Å². The van der Waals surface area contributed by atoms with E-state index in [0.29, 0.717) is 5.75 Å². The van der Waals surface area contributed by atoms with Gasteiger partial charge < -0.3 is 8.92 Å². The lowest BCUT2D eigenvalue weighted by atomic mass is 9.98.